The number of fused-ring (bicyclic) bond motifs is 1. The predicted octanol–water partition coefficient (Wildman–Crippen LogP) is 1.86. The maximum absolute atomic E-state index is 9.32. The molecule has 0 fully saturated rings. The van der Waals surface area contributed by atoms with Gasteiger partial charge in [-0.05, 0) is 24.6 Å². The van der Waals surface area contributed by atoms with E-state index < -0.39 is 6.10 Å². The summed E-state index contributed by atoms with van der Waals surface area (Å²) in [6.45, 7) is 3.56. The Morgan fingerprint density at radius 3 is 2.69 bits per heavy atom. The first-order valence-electron chi connectivity index (χ1n) is 4.32. The first-order valence-corrected chi connectivity index (χ1v) is 4.32. The molecule has 0 saturated heterocycles. The van der Waals surface area contributed by atoms with Crippen LogP contribution in [0.1, 0.15) is 25.5 Å². The average molecular weight is 180 g/mol. The van der Waals surface area contributed by atoms with E-state index in [-0.39, 0.29) is 6.29 Å². The zero-order valence-corrected chi connectivity index (χ0v) is 7.65. The predicted molar refractivity (Wildman–Crippen MR) is 47.8 cm³/mol. The van der Waals surface area contributed by atoms with E-state index in [0.29, 0.717) is 5.75 Å². The van der Waals surface area contributed by atoms with Crippen molar-refractivity contribution >= 4 is 0 Å². The smallest absolute Gasteiger partial charge is 0.238 e. The summed E-state index contributed by atoms with van der Waals surface area (Å²) in [6, 6.07) is 5.47. The molecule has 0 bridgehead atoms. The summed E-state index contributed by atoms with van der Waals surface area (Å²) < 4.78 is 10.7. The highest BCUT2D eigenvalue weighted by Gasteiger charge is 2.20. The third-order valence-corrected chi connectivity index (χ3v) is 2.04. The maximum Gasteiger partial charge on any atom is 0.238 e. The van der Waals surface area contributed by atoms with Crippen LogP contribution in [-0.2, 0) is 0 Å². The highest BCUT2D eigenvalue weighted by Crippen LogP contribution is 2.36. The van der Waals surface area contributed by atoms with Crippen LogP contribution in [0.15, 0.2) is 18.2 Å². The van der Waals surface area contributed by atoms with Crippen LogP contribution in [0.5, 0.6) is 11.5 Å². The Morgan fingerprint density at radius 1 is 1.31 bits per heavy atom. The molecule has 1 aliphatic rings. The Labute approximate surface area is 76.9 Å². The Hall–Kier alpha value is -1.22. The van der Waals surface area contributed by atoms with Gasteiger partial charge in [0.2, 0.25) is 6.29 Å². The van der Waals surface area contributed by atoms with Crippen molar-refractivity contribution in [2.24, 2.45) is 0 Å². The lowest BCUT2D eigenvalue weighted by molar-refractivity contribution is 0.0677. The van der Waals surface area contributed by atoms with Gasteiger partial charge < -0.3 is 14.6 Å². The van der Waals surface area contributed by atoms with Crippen molar-refractivity contribution in [3.63, 3.8) is 0 Å². The summed E-state index contributed by atoms with van der Waals surface area (Å²) >= 11 is 0. The molecule has 0 spiro atoms. The molecule has 2 atom stereocenters. The minimum Gasteiger partial charge on any atom is -0.451 e. The highest BCUT2D eigenvalue weighted by atomic mass is 16.7. The number of benzene rings is 1. The van der Waals surface area contributed by atoms with E-state index in [9.17, 15) is 5.11 Å². The number of aliphatic hydroxyl groups excluding tert-OH is 1. The highest BCUT2D eigenvalue weighted by molar-refractivity contribution is 5.45. The van der Waals surface area contributed by atoms with E-state index in [1.807, 2.05) is 25.1 Å². The van der Waals surface area contributed by atoms with Gasteiger partial charge in [-0.15, -0.1) is 0 Å². The molecule has 1 aromatic carbocycles. The number of hydrogen-bond acceptors (Lipinski definition) is 3. The molecule has 0 amide bonds. The van der Waals surface area contributed by atoms with Crippen LogP contribution >= 0.6 is 0 Å². The van der Waals surface area contributed by atoms with Crippen molar-refractivity contribution in [2.75, 3.05) is 0 Å². The average Bonchev–Trinajstić information content (AvgIpc) is 2.42. The van der Waals surface area contributed by atoms with Gasteiger partial charge in [-0.1, -0.05) is 6.07 Å². The largest absolute Gasteiger partial charge is 0.451 e. The summed E-state index contributed by atoms with van der Waals surface area (Å²) in [6.07, 6.45) is -0.691. The fourth-order valence-electron chi connectivity index (χ4n) is 1.36. The Balaban J connectivity index is 2.35. The van der Waals surface area contributed by atoms with E-state index in [4.69, 9.17) is 9.47 Å². The second-order valence-corrected chi connectivity index (χ2v) is 3.19. The zero-order valence-electron chi connectivity index (χ0n) is 7.65. The van der Waals surface area contributed by atoms with Gasteiger partial charge in [-0.25, -0.2) is 0 Å². The summed E-state index contributed by atoms with van der Waals surface area (Å²) in [4.78, 5) is 0. The monoisotopic (exact) mass is 180 g/mol. The van der Waals surface area contributed by atoms with E-state index in [1.54, 1.807) is 6.92 Å². The Kier molecular flexibility index (Phi) is 1.88. The molecule has 3 nitrogen and oxygen atoms in total. The second-order valence-electron chi connectivity index (χ2n) is 3.19. The molecule has 1 aromatic rings. The third kappa shape index (κ3) is 1.47. The number of ether oxygens (including phenoxy) is 2. The molecule has 2 unspecified atom stereocenters. The zero-order chi connectivity index (χ0) is 9.42. The number of rotatable bonds is 1. The molecule has 2 rings (SSSR count). The molecule has 70 valence electrons. The molecule has 1 aliphatic heterocycles. The number of hydrogen-bond donors (Lipinski definition) is 1. The summed E-state index contributed by atoms with van der Waals surface area (Å²) in [5, 5.41) is 9.32. The lowest BCUT2D eigenvalue weighted by Crippen LogP contribution is -2.11. The van der Waals surface area contributed by atoms with Crippen molar-refractivity contribution in [3.05, 3.63) is 23.8 Å². The molecule has 1 heterocycles. The van der Waals surface area contributed by atoms with E-state index in [1.165, 1.54) is 0 Å². The Bertz CT molecular complexity index is 320. The van der Waals surface area contributed by atoms with Crippen LogP contribution in [0.4, 0.5) is 0 Å². The molecule has 13 heavy (non-hydrogen) atoms. The number of aliphatic hydroxyl groups is 1. The van der Waals surface area contributed by atoms with Gasteiger partial charge in [0, 0.05) is 6.92 Å². The van der Waals surface area contributed by atoms with Gasteiger partial charge in [-0.2, -0.15) is 0 Å². The van der Waals surface area contributed by atoms with Gasteiger partial charge in [0.25, 0.3) is 0 Å². The van der Waals surface area contributed by atoms with Crippen molar-refractivity contribution in [3.8, 4) is 11.5 Å². The minimum atomic E-state index is -0.468. The normalized spacial score (nSPS) is 21.6. The Morgan fingerprint density at radius 2 is 2.00 bits per heavy atom. The van der Waals surface area contributed by atoms with Gasteiger partial charge in [0.15, 0.2) is 11.5 Å². The second kappa shape index (κ2) is 2.92. The quantitative estimate of drug-likeness (QED) is 0.716. The summed E-state index contributed by atoms with van der Waals surface area (Å²) in [7, 11) is 0. The third-order valence-electron chi connectivity index (χ3n) is 2.04. The molecule has 0 aromatic heterocycles. The molecule has 0 aliphatic carbocycles. The van der Waals surface area contributed by atoms with Gasteiger partial charge in [0.1, 0.15) is 0 Å². The maximum atomic E-state index is 9.32. The van der Waals surface area contributed by atoms with Crippen molar-refractivity contribution in [2.45, 2.75) is 26.2 Å². The van der Waals surface area contributed by atoms with Crippen LogP contribution in [0.3, 0.4) is 0 Å². The topological polar surface area (TPSA) is 38.7 Å². The van der Waals surface area contributed by atoms with Crippen LogP contribution < -0.4 is 9.47 Å². The van der Waals surface area contributed by atoms with Crippen LogP contribution in [-0.4, -0.2) is 11.4 Å². The first kappa shape index (κ1) is 8.38. The fourth-order valence-corrected chi connectivity index (χ4v) is 1.36. The molecule has 0 radical (unpaired) electrons. The van der Waals surface area contributed by atoms with Crippen molar-refractivity contribution in [1.82, 2.24) is 0 Å². The molecular formula is C10H12O3. The van der Waals surface area contributed by atoms with E-state index >= 15 is 0 Å². The van der Waals surface area contributed by atoms with Crippen molar-refractivity contribution in [1.29, 1.82) is 0 Å². The van der Waals surface area contributed by atoms with Crippen molar-refractivity contribution < 1.29 is 14.6 Å². The SMILES string of the molecule is CC1Oc2ccc(C(C)O)cc2O1. The molecular weight excluding hydrogens is 168 g/mol. The fraction of sp³-hybridized carbons (Fsp3) is 0.400. The van der Waals surface area contributed by atoms with Gasteiger partial charge in [-0.3, -0.25) is 0 Å². The summed E-state index contributed by atoms with van der Waals surface area (Å²) in [5.41, 5.74) is 0.844. The van der Waals surface area contributed by atoms with Gasteiger partial charge >= 0.3 is 0 Å². The van der Waals surface area contributed by atoms with Crippen LogP contribution in [0.2, 0.25) is 0 Å². The lowest BCUT2D eigenvalue weighted by Gasteiger charge is -2.04. The summed E-state index contributed by atoms with van der Waals surface area (Å²) in [5.74, 6) is 1.46. The van der Waals surface area contributed by atoms with E-state index in [0.717, 1.165) is 11.3 Å². The standard InChI is InChI=1S/C10H12O3/c1-6(11)8-3-4-9-10(5-8)13-7(2)12-9/h3-7,11H,1-2H3. The minimum absolute atomic E-state index is 0.223. The van der Waals surface area contributed by atoms with Crippen LogP contribution in [0.25, 0.3) is 0 Å². The van der Waals surface area contributed by atoms with E-state index in [2.05, 4.69) is 0 Å². The van der Waals surface area contributed by atoms with Gasteiger partial charge in [0.05, 0.1) is 6.10 Å². The first-order chi connectivity index (χ1) is 6.16. The lowest BCUT2D eigenvalue weighted by atomic mass is 10.1. The van der Waals surface area contributed by atoms with Crippen LogP contribution in [0, 0.1) is 0 Å². The molecule has 3 heteroatoms. The molecule has 1 N–H and O–H groups in total. The molecule has 0 saturated carbocycles.